The number of carbonyl (C=O) groups excluding carboxylic acids is 1. The molecule has 0 bridgehead atoms. The topological polar surface area (TPSA) is 60.2 Å². The summed E-state index contributed by atoms with van der Waals surface area (Å²) in [6.07, 6.45) is 2.35. The average molecular weight is 286 g/mol. The van der Waals surface area contributed by atoms with Crippen molar-refractivity contribution >= 4 is 5.91 Å². The monoisotopic (exact) mass is 286 g/mol. The van der Waals surface area contributed by atoms with Crippen molar-refractivity contribution in [2.75, 3.05) is 13.7 Å². The van der Waals surface area contributed by atoms with Gasteiger partial charge in [-0.3, -0.25) is 4.79 Å². The smallest absolute Gasteiger partial charge is 0.229 e. The van der Waals surface area contributed by atoms with E-state index in [-0.39, 0.29) is 11.8 Å². The van der Waals surface area contributed by atoms with E-state index in [9.17, 15) is 4.79 Å². The van der Waals surface area contributed by atoms with Gasteiger partial charge in [0.05, 0.1) is 12.5 Å². The van der Waals surface area contributed by atoms with Gasteiger partial charge in [0, 0.05) is 14.1 Å². The summed E-state index contributed by atoms with van der Waals surface area (Å²) >= 11 is 0. The van der Waals surface area contributed by atoms with Gasteiger partial charge in [0.25, 0.3) is 0 Å². The normalized spacial score (nSPS) is 17.0. The third-order valence-corrected chi connectivity index (χ3v) is 3.79. The Bertz CT molecular complexity index is 653. The van der Waals surface area contributed by atoms with Crippen molar-refractivity contribution in [1.29, 1.82) is 0 Å². The van der Waals surface area contributed by atoms with E-state index in [4.69, 9.17) is 4.74 Å². The number of aromatic nitrogens is 3. The predicted molar refractivity (Wildman–Crippen MR) is 76.6 cm³/mol. The van der Waals surface area contributed by atoms with Gasteiger partial charge in [-0.2, -0.15) is 0 Å². The van der Waals surface area contributed by atoms with Crippen LogP contribution in [-0.2, 0) is 24.8 Å². The number of amides is 1. The fourth-order valence-electron chi connectivity index (χ4n) is 2.54. The Morgan fingerprint density at radius 2 is 2.29 bits per heavy atom. The van der Waals surface area contributed by atoms with Gasteiger partial charge < -0.3 is 14.2 Å². The molecule has 21 heavy (non-hydrogen) atoms. The molecule has 0 saturated heterocycles. The van der Waals surface area contributed by atoms with E-state index in [2.05, 4.69) is 10.2 Å². The molecule has 0 saturated carbocycles. The van der Waals surface area contributed by atoms with Crippen LogP contribution in [0.2, 0.25) is 0 Å². The number of hydrogen-bond donors (Lipinski definition) is 0. The molecule has 2 aromatic rings. The summed E-state index contributed by atoms with van der Waals surface area (Å²) in [4.78, 5) is 14.2. The highest BCUT2D eigenvalue weighted by Crippen LogP contribution is 2.27. The van der Waals surface area contributed by atoms with Gasteiger partial charge in [0.2, 0.25) is 5.91 Å². The number of hydrogen-bond acceptors (Lipinski definition) is 4. The summed E-state index contributed by atoms with van der Waals surface area (Å²) in [5.74, 6) is 1.59. The Hall–Kier alpha value is -2.37. The zero-order valence-electron chi connectivity index (χ0n) is 12.2. The highest BCUT2D eigenvalue weighted by atomic mass is 16.5. The number of para-hydroxylation sites is 1. The molecule has 1 atom stereocenters. The molecule has 0 fully saturated rings. The van der Waals surface area contributed by atoms with E-state index in [0.717, 1.165) is 23.6 Å². The molecule has 110 valence electrons. The third kappa shape index (κ3) is 2.74. The summed E-state index contributed by atoms with van der Waals surface area (Å²) < 4.78 is 7.50. The Morgan fingerprint density at radius 3 is 3.05 bits per heavy atom. The number of nitrogens with zero attached hydrogens (tertiary/aromatic N) is 4. The van der Waals surface area contributed by atoms with Crippen LogP contribution >= 0.6 is 0 Å². The van der Waals surface area contributed by atoms with Crippen LogP contribution in [0.1, 0.15) is 11.4 Å². The van der Waals surface area contributed by atoms with Crippen molar-refractivity contribution in [2.24, 2.45) is 13.0 Å². The average Bonchev–Trinajstić information content (AvgIpc) is 2.91. The van der Waals surface area contributed by atoms with Crippen molar-refractivity contribution in [3.8, 4) is 5.75 Å². The zero-order chi connectivity index (χ0) is 14.8. The molecule has 0 spiro atoms. The molecule has 1 aromatic carbocycles. The second-order valence-corrected chi connectivity index (χ2v) is 5.37. The molecule has 0 N–H and O–H groups in total. The predicted octanol–water partition coefficient (Wildman–Crippen LogP) is 1.02. The van der Waals surface area contributed by atoms with Crippen molar-refractivity contribution in [3.63, 3.8) is 0 Å². The van der Waals surface area contributed by atoms with Crippen molar-refractivity contribution in [1.82, 2.24) is 19.7 Å². The van der Waals surface area contributed by atoms with Gasteiger partial charge in [-0.25, -0.2) is 0 Å². The number of rotatable bonds is 3. The molecule has 6 nitrogen and oxygen atoms in total. The van der Waals surface area contributed by atoms with E-state index in [1.54, 1.807) is 18.3 Å². The van der Waals surface area contributed by atoms with Gasteiger partial charge in [-0.1, -0.05) is 18.2 Å². The van der Waals surface area contributed by atoms with Gasteiger partial charge >= 0.3 is 0 Å². The Morgan fingerprint density at radius 1 is 1.48 bits per heavy atom. The Labute approximate surface area is 123 Å². The number of carbonyl (C=O) groups is 1. The number of benzene rings is 1. The van der Waals surface area contributed by atoms with Gasteiger partial charge in [0.15, 0.2) is 5.82 Å². The van der Waals surface area contributed by atoms with Gasteiger partial charge in [0.1, 0.15) is 18.7 Å². The molecular weight excluding hydrogens is 268 g/mol. The van der Waals surface area contributed by atoms with Crippen molar-refractivity contribution < 1.29 is 9.53 Å². The lowest BCUT2D eigenvalue weighted by Crippen LogP contribution is -2.38. The summed E-state index contributed by atoms with van der Waals surface area (Å²) in [6.45, 7) is 0.881. The number of ether oxygens (including phenoxy) is 1. The largest absolute Gasteiger partial charge is 0.492 e. The molecule has 6 heteroatoms. The number of fused-ring (bicyclic) bond motifs is 1. The second kappa shape index (κ2) is 5.55. The second-order valence-electron chi connectivity index (χ2n) is 5.37. The van der Waals surface area contributed by atoms with Crippen LogP contribution in [-0.4, -0.2) is 39.2 Å². The molecule has 0 aliphatic carbocycles. The minimum atomic E-state index is -0.141. The van der Waals surface area contributed by atoms with Crippen LogP contribution in [0, 0.1) is 5.92 Å². The first-order valence-corrected chi connectivity index (χ1v) is 6.93. The van der Waals surface area contributed by atoms with Crippen molar-refractivity contribution in [3.05, 3.63) is 42.0 Å². The van der Waals surface area contributed by atoms with Crippen molar-refractivity contribution in [2.45, 2.75) is 13.0 Å². The summed E-state index contributed by atoms with van der Waals surface area (Å²) in [7, 11) is 3.66. The SMILES string of the molecule is CN(Cc1nncn1C)C(=O)C1COc2ccccc2C1. The van der Waals surface area contributed by atoms with Crippen LogP contribution in [0.25, 0.3) is 0 Å². The lowest BCUT2D eigenvalue weighted by atomic mass is 9.95. The minimum absolute atomic E-state index is 0.0764. The van der Waals surface area contributed by atoms with E-state index < -0.39 is 0 Å². The fraction of sp³-hybridized carbons (Fsp3) is 0.400. The van der Waals surface area contributed by atoms with Crippen LogP contribution in [0.15, 0.2) is 30.6 Å². The van der Waals surface area contributed by atoms with E-state index in [1.807, 2.05) is 35.9 Å². The maximum absolute atomic E-state index is 12.5. The standard InChI is InChI=1S/C15H18N4O2/c1-18(8-14-17-16-10-19(14)2)15(20)12-7-11-5-3-4-6-13(11)21-9-12/h3-6,10,12H,7-9H2,1-2H3. The molecule has 2 heterocycles. The molecule has 1 aliphatic rings. The summed E-state index contributed by atoms with van der Waals surface area (Å²) in [6, 6.07) is 7.87. The van der Waals surface area contributed by atoms with Crippen LogP contribution in [0.4, 0.5) is 0 Å². The van der Waals surface area contributed by atoms with E-state index >= 15 is 0 Å². The first-order valence-electron chi connectivity index (χ1n) is 6.93. The maximum atomic E-state index is 12.5. The molecule has 1 aliphatic heterocycles. The fourth-order valence-corrected chi connectivity index (χ4v) is 2.54. The molecule has 1 amide bonds. The lowest BCUT2D eigenvalue weighted by Gasteiger charge is -2.28. The van der Waals surface area contributed by atoms with Crippen LogP contribution in [0.3, 0.4) is 0 Å². The van der Waals surface area contributed by atoms with Gasteiger partial charge in [-0.05, 0) is 18.1 Å². The molecule has 1 unspecified atom stereocenters. The van der Waals surface area contributed by atoms with Crippen LogP contribution in [0.5, 0.6) is 5.75 Å². The Balaban J connectivity index is 1.67. The number of aryl methyl sites for hydroxylation is 1. The minimum Gasteiger partial charge on any atom is -0.492 e. The maximum Gasteiger partial charge on any atom is 0.229 e. The Kier molecular flexibility index (Phi) is 3.60. The third-order valence-electron chi connectivity index (χ3n) is 3.79. The molecule has 3 rings (SSSR count). The summed E-state index contributed by atoms with van der Waals surface area (Å²) in [5.41, 5.74) is 1.09. The lowest BCUT2D eigenvalue weighted by molar-refractivity contribution is -0.136. The quantitative estimate of drug-likeness (QED) is 0.845. The van der Waals surface area contributed by atoms with E-state index in [1.165, 1.54) is 0 Å². The van der Waals surface area contributed by atoms with Crippen LogP contribution < -0.4 is 4.74 Å². The molecule has 0 radical (unpaired) electrons. The van der Waals surface area contributed by atoms with Gasteiger partial charge in [-0.15, -0.1) is 10.2 Å². The first kappa shape index (κ1) is 13.6. The highest BCUT2D eigenvalue weighted by Gasteiger charge is 2.28. The summed E-state index contributed by atoms with van der Waals surface area (Å²) in [5, 5.41) is 7.83. The first-order chi connectivity index (χ1) is 10.1. The highest BCUT2D eigenvalue weighted by molar-refractivity contribution is 5.79. The molecule has 1 aromatic heterocycles. The zero-order valence-corrected chi connectivity index (χ0v) is 12.2. The molecular formula is C15H18N4O2. The van der Waals surface area contributed by atoms with E-state index in [0.29, 0.717) is 13.2 Å².